The number of ether oxygens (including phenoxy) is 1. The molecule has 0 fully saturated rings. The Kier molecular flexibility index (Phi) is 5.02. The molecule has 0 unspecified atom stereocenters. The first-order valence-corrected chi connectivity index (χ1v) is 8.90. The van der Waals surface area contributed by atoms with E-state index < -0.39 is 0 Å². The van der Waals surface area contributed by atoms with Crippen molar-refractivity contribution in [3.8, 4) is 5.75 Å². The first-order chi connectivity index (χ1) is 11.6. The van der Waals surface area contributed by atoms with Gasteiger partial charge in [0.2, 0.25) is 5.13 Å². The topological polar surface area (TPSA) is 89.0 Å². The van der Waals surface area contributed by atoms with Crippen LogP contribution in [0.3, 0.4) is 0 Å². The Bertz CT molecular complexity index is 829. The van der Waals surface area contributed by atoms with Crippen LogP contribution in [0.1, 0.15) is 22.4 Å². The fourth-order valence-electron chi connectivity index (χ4n) is 1.87. The summed E-state index contributed by atoms with van der Waals surface area (Å²) in [5, 5.41) is 17.2. The van der Waals surface area contributed by atoms with E-state index in [9.17, 15) is 4.79 Å². The molecule has 9 heteroatoms. The summed E-state index contributed by atoms with van der Waals surface area (Å²) in [5.74, 6) is 0.511. The second kappa shape index (κ2) is 7.37. The Labute approximate surface area is 146 Å². The fourth-order valence-corrected chi connectivity index (χ4v) is 3.17. The van der Waals surface area contributed by atoms with E-state index in [1.807, 2.05) is 38.1 Å². The van der Waals surface area contributed by atoms with Gasteiger partial charge in [0.15, 0.2) is 5.13 Å². The highest BCUT2D eigenvalue weighted by atomic mass is 32.1. The Morgan fingerprint density at radius 3 is 2.67 bits per heavy atom. The summed E-state index contributed by atoms with van der Waals surface area (Å²) in [6.45, 7) is 4.40. The molecule has 0 radical (unpaired) electrons. The number of thiazole rings is 1. The van der Waals surface area contributed by atoms with Crippen LogP contribution in [-0.4, -0.2) is 27.7 Å². The van der Waals surface area contributed by atoms with Crippen LogP contribution in [0.5, 0.6) is 5.75 Å². The molecule has 0 aliphatic heterocycles. The van der Waals surface area contributed by atoms with Crippen LogP contribution in [0.25, 0.3) is 0 Å². The number of carbonyl (C=O) groups excluding carboxylic acids is 1. The molecule has 0 aliphatic rings. The number of carbonyl (C=O) groups is 1. The van der Waals surface area contributed by atoms with Gasteiger partial charge in [-0.3, -0.25) is 10.1 Å². The third kappa shape index (κ3) is 4.06. The van der Waals surface area contributed by atoms with Crippen molar-refractivity contribution in [1.82, 2.24) is 15.2 Å². The van der Waals surface area contributed by atoms with Gasteiger partial charge in [-0.1, -0.05) is 11.3 Å². The SMILES string of the molecule is CCOc1ccc(Nc2nc(C(=O)Nc3nnc(C)s3)cs2)cc1. The Balaban J connectivity index is 1.63. The maximum Gasteiger partial charge on any atom is 0.277 e. The van der Waals surface area contributed by atoms with Gasteiger partial charge in [-0.2, -0.15) is 0 Å². The van der Waals surface area contributed by atoms with Gasteiger partial charge in [0.25, 0.3) is 5.91 Å². The molecule has 3 rings (SSSR count). The molecule has 2 heterocycles. The standard InChI is InChI=1S/C15H15N5O2S2/c1-3-22-11-6-4-10(5-7-11)16-14-17-12(8-23-14)13(21)18-15-20-19-9(2)24-15/h4-8H,3H2,1-2H3,(H,16,17)(H,18,20,21). The van der Waals surface area contributed by atoms with Crippen LogP contribution in [-0.2, 0) is 0 Å². The molecule has 0 saturated carbocycles. The van der Waals surface area contributed by atoms with Crippen molar-refractivity contribution < 1.29 is 9.53 Å². The molecule has 1 amide bonds. The van der Waals surface area contributed by atoms with Gasteiger partial charge in [0.05, 0.1) is 6.61 Å². The number of nitrogens with zero attached hydrogens (tertiary/aromatic N) is 3. The molecule has 7 nitrogen and oxygen atoms in total. The van der Waals surface area contributed by atoms with Crippen LogP contribution in [0, 0.1) is 6.92 Å². The van der Waals surface area contributed by atoms with Gasteiger partial charge >= 0.3 is 0 Å². The summed E-state index contributed by atoms with van der Waals surface area (Å²) >= 11 is 2.68. The lowest BCUT2D eigenvalue weighted by molar-refractivity contribution is 0.102. The number of nitrogens with one attached hydrogen (secondary N) is 2. The summed E-state index contributed by atoms with van der Waals surface area (Å²) < 4.78 is 5.40. The van der Waals surface area contributed by atoms with Crippen LogP contribution < -0.4 is 15.4 Å². The summed E-state index contributed by atoms with van der Waals surface area (Å²) in [7, 11) is 0. The summed E-state index contributed by atoms with van der Waals surface area (Å²) in [6, 6.07) is 7.56. The second-order valence-corrected chi connectivity index (χ2v) is 6.74. The molecule has 0 spiro atoms. The Morgan fingerprint density at radius 2 is 2.00 bits per heavy atom. The van der Waals surface area contributed by atoms with Gasteiger partial charge in [-0.15, -0.1) is 21.5 Å². The van der Waals surface area contributed by atoms with Gasteiger partial charge in [-0.05, 0) is 38.1 Å². The molecule has 0 bridgehead atoms. The van der Waals surface area contributed by atoms with Crippen molar-refractivity contribution in [3.63, 3.8) is 0 Å². The molecular weight excluding hydrogens is 346 g/mol. The average molecular weight is 361 g/mol. The Hall–Kier alpha value is -2.52. The van der Waals surface area contributed by atoms with E-state index in [0.717, 1.165) is 16.4 Å². The minimum atomic E-state index is -0.304. The quantitative estimate of drug-likeness (QED) is 0.696. The molecule has 3 aromatic rings. The lowest BCUT2D eigenvalue weighted by atomic mass is 10.3. The average Bonchev–Trinajstić information content (AvgIpc) is 3.19. The van der Waals surface area contributed by atoms with Crippen molar-refractivity contribution >= 4 is 44.5 Å². The van der Waals surface area contributed by atoms with Crippen molar-refractivity contribution in [2.75, 3.05) is 17.2 Å². The first kappa shape index (κ1) is 16.3. The number of aryl methyl sites for hydroxylation is 1. The zero-order valence-corrected chi connectivity index (χ0v) is 14.7. The highest BCUT2D eigenvalue weighted by Crippen LogP contribution is 2.23. The lowest BCUT2D eigenvalue weighted by Crippen LogP contribution is -2.12. The summed E-state index contributed by atoms with van der Waals surface area (Å²) in [6.07, 6.45) is 0. The molecule has 2 aromatic heterocycles. The molecule has 2 N–H and O–H groups in total. The van der Waals surface area contributed by atoms with E-state index in [4.69, 9.17) is 4.74 Å². The van der Waals surface area contributed by atoms with Crippen molar-refractivity contribution in [3.05, 3.63) is 40.3 Å². The maximum atomic E-state index is 12.1. The van der Waals surface area contributed by atoms with Crippen molar-refractivity contribution in [2.24, 2.45) is 0 Å². The van der Waals surface area contributed by atoms with Crippen molar-refractivity contribution in [2.45, 2.75) is 13.8 Å². The lowest BCUT2D eigenvalue weighted by Gasteiger charge is -2.05. The third-order valence-electron chi connectivity index (χ3n) is 2.90. The van der Waals surface area contributed by atoms with Crippen LogP contribution in [0.4, 0.5) is 16.0 Å². The van der Waals surface area contributed by atoms with E-state index in [1.54, 1.807) is 5.38 Å². The maximum absolute atomic E-state index is 12.1. The zero-order valence-electron chi connectivity index (χ0n) is 13.1. The minimum Gasteiger partial charge on any atom is -0.494 e. The summed E-state index contributed by atoms with van der Waals surface area (Å²) in [5.41, 5.74) is 1.21. The van der Waals surface area contributed by atoms with E-state index in [-0.39, 0.29) is 5.91 Å². The predicted octanol–water partition coefficient (Wildman–Crippen LogP) is 3.70. The number of hydrogen-bond donors (Lipinski definition) is 2. The molecule has 1 aromatic carbocycles. The van der Waals surface area contributed by atoms with E-state index in [2.05, 4.69) is 25.8 Å². The number of benzene rings is 1. The molecule has 24 heavy (non-hydrogen) atoms. The van der Waals surface area contributed by atoms with Gasteiger partial charge < -0.3 is 10.1 Å². The van der Waals surface area contributed by atoms with Gasteiger partial charge in [0.1, 0.15) is 16.5 Å². The number of amides is 1. The van der Waals surface area contributed by atoms with Crippen LogP contribution in [0.15, 0.2) is 29.6 Å². The van der Waals surface area contributed by atoms with E-state index >= 15 is 0 Å². The van der Waals surface area contributed by atoms with Gasteiger partial charge in [0, 0.05) is 11.1 Å². The van der Waals surface area contributed by atoms with Crippen molar-refractivity contribution in [1.29, 1.82) is 0 Å². The van der Waals surface area contributed by atoms with Crippen LogP contribution >= 0.6 is 22.7 Å². The molecular formula is C15H15N5O2S2. The monoisotopic (exact) mass is 361 g/mol. The summed E-state index contributed by atoms with van der Waals surface area (Å²) in [4.78, 5) is 16.4. The molecule has 0 saturated heterocycles. The van der Waals surface area contributed by atoms with E-state index in [0.29, 0.717) is 22.6 Å². The van der Waals surface area contributed by atoms with Gasteiger partial charge in [-0.25, -0.2) is 4.98 Å². The number of hydrogen-bond acceptors (Lipinski definition) is 8. The minimum absolute atomic E-state index is 0.304. The highest BCUT2D eigenvalue weighted by molar-refractivity contribution is 7.15. The fraction of sp³-hybridized carbons (Fsp3) is 0.200. The predicted molar refractivity (Wildman–Crippen MR) is 95.6 cm³/mol. The Morgan fingerprint density at radius 1 is 1.21 bits per heavy atom. The molecule has 0 atom stereocenters. The van der Waals surface area contributed by atoms with Crippen LogP contribution in [0.2, 0.25) is 0 Å². The normalized spacial score (nSPS) is 10.4. The highest BCUT2D eigenvalue weighted by Gasteiger charge is 2.13. The zero-order chi connectivity index (χ0) is 16.9. The second-order valence-electron chi connectivity index (χ2n) is 4.70. The largest absolute Gasteiger partial charge is 0.494 e. The number of anilines is 3. The molecule has 124 valence electrons. The number of aromatic nitrogens is 3. The third-order valence-corrected chi connectivity index (χ3v) is 4.41. The smallest absolute Gasteiger partial charge is 0.277 e. The number of rotatable bonds is 6. The first-order valence-electron chi connectivity index (χ1n) is 7.21. The molecule has 0 aliphatic carbocycles. The van der Waals surface area contributed by atoms with E-state index in [1.165, 1.54) is 22.7 Å².